The molecule has 4 heteroatoms. The monoisotopic (exact) mass is 278 g/mol. The van der Waals surface area contributed by atoms with Crippen molar-refractivity contribution < 1.29 is 4.79 Å². The summed E-state index contributed by atoms with van der Waals surface area (Å²) >= 11 is 1.81. The van der Waals surface area contributed by atoms with Gasteiger partial charge in [0.1, 0.15) is 5.82 Å². The highest BCUT2D eigenvalue weighted by molar-refractivity contribution is 8.01. The van der Waals surface area contributed by atoms with Crippen molar-refractivity contribution in [1.29, 1.82) is 0 Å². The zero-order valence-corrected chi connectivity index (χ0v) is 12.5. The van der Waals surface area contributed by atoms with Gasteiger partial charge in [0, 0.05) is 11.4 Å². The number of aromatic nitrogens is 1. The maximum Gasteiger partial charge on any atom is 0.238 e. The van der Waals surface area contributed by atoms with Gasteiger partial charge in [0.25, 0.3) is 0 Å². The molecule has 1 saturated carbocycles. The van der Waals surface area contributed by atoms with E-state index in [0.29, 0.717) is 11.1 Å². The van der Waals surface area contributed by atoms with E-state index in [1.807, 2.05) is 37.7 Å². The summed E-state index contributed by atoms with van der Waals surface area (Å²) in [6, 6.07) is 3.81. The van der Waals surface area contributed by atoms with Crippen LogP contribution in [-0.4, -0.2) is 21.4 Å². The number of carbonyl (C=O) groups excluding carboxylic acids is 1. The molecule has 1 aliphatic rings. The standard InChI is InChI=1S/C15H22N2OS/c1-11-8-9-14(16-10-11)17-15(18)12(2)19-13-6-4-3-5-7-13/h8-10,12-13H,3-7H2,1-2H3,(H,16,17,18). The summed E-state index contributed by atoms with van der Waals surface area (Å²) in [7, 11) is 0. The second kappa shape index (κ2) is 6.94. The molecule has 3 nitrogen and oxygen atoms in total. The molecule has 1 N–H and O–H groups in total. The minimum absolute atomic E-state index is 0.00815. The first-order valence-corrected chi connectivity index (χ1v) is 7.98. The van der Waals surface area contributed by atoms with Gasteiger partial charge in [0.05, 0.1) is 5.25 Å². The molecule has 2 rings (SSSR count). The topological polar surface area (TPSA) is 42.0 Å². The Kier molecular flexibility index (Phi) is 5.25. The van der Waals surface area contributed by atoms with Gasteiger partial charge in [-0.1, -0.05) is 25.3 Å². The lowest BCUT2D eigenvalue weighted by atomic mass is 10.0. The van der Waals surface area contributed by atoms with Crippen LogP contribution in [0.4, 0.5) is 5.82 Å². The fourth-order valence-electron chi connectivity index (χ4n) is 2.32. The summed E-state index contributed by atoms with van der Waals surface area (Å²) in [5, 5.41) is 3.53. The van der Waals surface area contributed by atoms with E-state index in [1.165, 1.54) is 32.1 Å². The van der Waals surface area contributed by atoms with E-state index in [9.17, 15) is 4.79 Å². The van der Waals surface area contributed by atoms with E-state index in [4.69, 9.17) is 0 Å². The van der Waals surface area contributed by atoms with Crippen molar-refractivity contribution in [3.8, 4) is 0 Å². The Balaban J connectivity index is 1.83. The van der Waals surface area contributed by atoms with Gasteiger partial charge in [-0.3, -0.25) is 4.79 Å². The molecule has 1 atom stereocenters. The maximum atomic E-state index is 12.1. The van der Waals surface area contributed by atoms with Gasteiger partial charge < -0.3 is 5.32 Å². The molecule has 0 aromatic carbocycles. The van der Waals surface area contributed by atoms with Crippen molar-refractivity contribution in [2.75, 3.05) is 5.32 Å². The van der Waals surface area contributed by atoms with Crippen molar-refractivity contribution in [1.82, 2.24) is 4.98 Å². The molecule has 1 aromatic rings. The smallest absolute Gasteiger partial charge is 0.238 e. The Hall–Kier alpha value is -1.03. The van der Waals surface area contributed by atoms with E-state index in [-0.39, 0.29) is 11.2 Å². The Morgan fingerprint density at radius 2 is 2.11 bits per heavy atom. The van der Waals surface area contributed by atoms with Gasteiger partial charge in [-0.2, -0.15) is 0 Å². The average Bonchev–Trinajstić information content (AvgIpc) is 2.42. The third-order valence-electron chi connectivity index (χ3n) is 3.48. The highest BCUT2D eigenvalue weighted by Crippen LogP contribution is 2.31. The number of hydrogen-bond donors (Lipinski definition) is 1. The number of carbonyl (C=O) groups is 1. The van der Waals surface area contributed by atoms with Gasteiger partial charge in [-0.15, -0.1) is 11.8 Å². The number of thioether (sulfide) groups is 1. The molecule has 0 spiro atoms. The van der Waals surface area contributed by atoms with E-state index < -0.39 is 0 Å². The summed E-state index contributed by atoms with van der Waals surface area (Å²) in [5.41, 5.74) is 1.10. The number of anilines is 1. The second-order valence-electron chi connectivity index (χ2n) is 5.25. The third-order valence-corrected chi connectivity index (χ3v) is 4.96. The van der Waals surface area contributed by atoms with E-state index in [1.54, 1.807) is 6.20 Å². The van der Waals surface area contributed by atoms with Crippen molar-refractivity contribution in [2.24, 2.45) is 0 Å². The molecule has 1 heterocycles. The SMILES string of the molecule is Cc1ccc(NC(=O)C(C)SC2CCCCC2)nc1. The lowest BCUT2D eigenvalue weighted by Crippen LogP contribution is -2.25. The third kappa shape index (κ3) is 4.53. The first-order valence-electron chi connectivity index (χ1n) is 7.04. The van der Waals surface area contributed by atoms with E-state index in [0.717, 1.165) is 5.56 Å². The summed E-state index contributed by atoms with van der Waals surface area (Å²) in [6.07, 6.45) is 8.26. The van der Waals surface area contributed by atoms with Crippen LogP contribution in [0.5, 0.6) is 0 Å². The van der Waals surface area contributed by atoms with Crippen LogP contribution in [0, 0.1) is 6.92 Å². The number of pyridine rings is 1. The molecule has 0 bridgehead atoms. The van der Waals surface area contributed by atoms with Crippen molar-refractivity contribution in [2.45, 2.75) is 56.5 Å². The van der Waals surface area contributed by atoms with Crippen LogP contribution in [-0.2, 0) is 4.79 Å². The summed E-state index contributed by atoms with van der Waals surface area (Å²) in [4.78, 5) is 16.3. The molecule has 1 aromatic heterocycles. The summed E-state index contributed by atoms with van der Waals surface area (Å²) < 4.78 is 0. The minimum Gasteiger partial charge on any atom is -0.310 e. The molecule has 104 valence electrons. The first kappa shape index (κ1) is 14.4. The molecule has 1 aliphatic carbocycles. The van der Waals surface area contributed by atoms with Crippen LogP contribution >= 0.6 is 11.8 Å². The molecule has 1 fully saturated rings. The Labute approximate surface area is 119 Å². The number of hydrogen-bond acceptors (Lipinski definition) is 3. The van der Waals surface area contributed by atoms with Crippen LogP contribution in [0.25, 0.3) is 0 Å². The van der Waals surface area contributed by atoms with Crippen molar-refractivity contribution in [3.05, 3.63) is 23.9 Å². The highest BCUT2D eigenvalue weighted by atomic mass is 32.2. The van der Waals surface area contributed by atoms with Crippen LogP contribution < -0.4 is 5.32 Å². The maximum absolute atomic E-state index is 12.1. The first-order chi connectivity index (χ1) is 9.15. The van der Waals surface area contributed by atoms with Crippen molar-refractivity contribution in [3.63, 3.8) is 0 Å². The average molecular weight is 278 g/mol. The molecular weight excluding hydrogens is 256 g/mol. The molecule has 0 radical (unpaired) electrons. The van der Waals surface area contributed by atoms with Crippen LogP contribution in [0.15, 0.2) is 18.3 Å². The van der Waals surface area contributed by atoms with Crippen LogP contribution in [0.1, 0.15) is 44.6 Å². The number of aryl methyl sites for hydroxylation is 1. The van der Waals surface area contributed by atoms with Crippen LogP contribution in [0.3, 0.4) is 0 Å². The molecule has 1 unspecified atom stereocenters. The lowest BCUT2D eigenvalue weighted by Gasteiger charge is -2.23. The Morgan fingerprint density at radius 3 is 2.74 bits per heavy atom. The minimum atomic E-state index is -0.00815. The molecule has 0 saturated heterocycles. The molecule has 1 amide bonds. The predicted octanol–water partition coefficient (Wildman–Crippen LogP) is 3.78. The second-order valence-corrected chi connectivity index (χ2v) is 6.89. The van der Waals surface area contributed by atoms with E-state index in [2.05, 4.69) is 10.3 Å². The van der Waals surface area contributed by atoms with Gasteiger partial charge in [-0.25, -0.2) is 4.98 Å². The zero-order chi connectivity index (χ0) is 13.7. The highest BCUT2D eigenvalue weighted by Gasteiger charge is 2.21. The lowest BCUT2D eigenvalue weighted by molar-refractivity contribution is -0.115. The quantitative estimate of drug-likeness (QED) is 0.911. The number of amides is 1. The van der Waals surface area contributed by atoms with Gasteiger partial charge in [0.2, 0.25) is 5.91 Å². The summed E-state index contributed by atoms with van der Waals surface area (Å²) in [6.45, 7) is 3.98. The largest absolute Gasteiger partial charge is 0.310 e. The fourth-order valence-corrected chi connectivity index (χ4v) is 3.69. The Morgan fingerprint density at radius 1 is 1.37 bits per heavy atom. The fraction of sp³-hybridized carbons (Fsp3) is 0.600. The zero-order valence-electron chi connectivity index (χ0n) is 11.7. The number of rotatable bonds is 4. The Bertz CT molecular complexity index is 413. The number of nitrogens with zero attached hydrogens (tertiary/aromatic N) is 1. The van der Waals surface area contributed by atoms with Crippen molar-refractivity contribution >= 4 is 23.5 Å². The van der Waals surface area contributed by atoms with Gasteiger partial charge in [0.15, 0.2) is 0 Å². The van der Waals surface area contributed by atoms with Gasteiger partial charge >= 0.3 is 0 Å². The van der Waals surface area contributed by atoms with Crippen LogP contribution in [0.2, 0.25) is 0 Å². The predicted molar refractivity (Wildman–Crippen MR) is 81.5 cm³/mol. The van der Waals surface area contributed by atoms with E-state index >= 15 is 0 Å². The molecular formula is C15H22N2OS. The summed E-state index contributed by atoms with van der Waals surface area (Å²) in [5.74, 6) is 0.707. The molecule has 0 aliphatic heterocycles. The molecule has 19 heavy (non-hydrogen) atoms. The number of nitrogens with one attached hydrogen (secondary N) is 1. The normalized spacial score (nSPS) is 18.0. The van der Waals surface area contributed by atoms with Gasteiger partial charge in [-0.05, 0) is 38.3 Å².